The van der Waals surface area contributed by atoms with Gasteiger partial charge in [0.15, 0.2) is 0 Å². The van der Waals surface area contributed by atoms with Crippen LogP contribution in [0, 0.1) is 11.8 Å². The van der Waals surface area contributed by atoms with Crippen molar-refractivity contribution in [2.75, 3.05) is 24.5 Å². The smallest absolute Gasteiger partial charge is 0.0588 e. The van der Waals surface area contributed by atoms with Crippen molar-refractivity contribution < 1.29 is 5.11 Å². The molecule has 104 valence electrons. The Bertz CT molecular complexity index is 417. The molecule has 2 aliphatic rings. The van der Waals surface area contributed by atoms with Gasteiger partial charge in [-0.05, 0) is 43.0 Å². The summed E-state index contributed by atoms with van der Waals surface area (Å²) in [6.45, 7) is 6.23. The topological polar surface area (TPSA) is 35.5 Å². The highest BCUT2D eigenvalue weighted by Gasteiger charge is 2.41. The van der Waals surface area contributed by atoms with Crippen LogP contribution in [-0.2, 0) is 6.54 Å². The molecule has 3 nitrogen and oxygen atoms in total. The van der Waals surface area contributed by atoms with E-state index >= 15 is 0 Å². The summed E-state index contributed by atoms with van der Waals surface area (Å²) in [5.41, 5.74) is 2.65. The average Bonchev–Trinajstić information content (AvgIpc) is 3.00. The SMILES string of the molecule is CCNCc1ccc(N2CC3CCC(O)C3C2)cc1. The van der Waals surface area contributed by atoms with Crippen LogP contribution in [0.5, 0.6) is 0 Å². The first-order chi connectivity index (χ1) is 9.28. The number of hydrogen-bond acceptors (Lipinski definition) is 3. The van der Waals surface area contributed by atoms with Crippen molar-refractivity contribution in [2.45, 2.75) is 32.4 Å². The Labute approximate surface area is 115 Å². The summed E-state index contributed by atoms with van der Waals surface area (Å²) in [4.78, 5) is 2.44. The number of rotatable bonds is 4. The number of aliphatic hydroxyl groups excluding tert-OH is 1. The summed E-state index contributed by atoms with van der Waals surface area (Å²) in [5, 5.41) is 13.3. The Morgan fingerprint density at radius 2 is 2.00 bits per heavy atom. The largest absolute Gasteiger partial charge is 0.393 e. The molecule has 1 saturated carbocycles. The van der Waals surface area contributed by atoms with Crippen molar-refractivity contribution in [3.05, 3.63) is 29.8 Å². The average molecular weight is 260 g/mol. The molecule has 0 spiro atoms. The fourth-order valence-electron chi connectivity index (χ4n) is 3.54. The van der Waals surface area contributed by atoms with E-state index in [0.717, 1.165) is 32.6 Å². The van der Waals surface area contributed by atoms with Gasteiger partial charge in [-0.3, -0.25) is 0 Å². The number of fused-ring (bicyclic) bond motifs is 1. The Hall–Kier alpha value is -1.06. The minimum absolute atomic E-state index is 0.0666. The number of benzene rings is 1. The molecule has 1 heterocycles. The first-order valence-electron chi connectivity index (χ1n) is 7.50. The van der Waals surface area contributed by atoms with E-state index in [1.807, 2.05) is 0 Å². The van der Waals surface area contributed by atoms with E-state index in [1.165, 1.54) is 17.7 Å². The van der Waals surface area contributed by atoms with E-state index in [2.05, 4.69) is 41.4 Å². The molecular formula is C16H24N2O. The molecule has 3 atom stereocenters. The van der Waals surface area contributed by atoms with Gasteiger partial charge in [0.25, 0.3) is 0 Å². The molecule has 0 amide bonds. The highest BCUT2D eigenvalue weighted by Crippen LogP contribution is 2.39. The van der Waals surface area contributed by atoms with E-state index in [1.54, 1.807) is 0 Å². The summed E-state index contributed by atoms with van der Waals surface area (Å²) in [6.07, 6.45) is 2.13. The number of nitrogens with zero attached hydrogens (tertiary/aromatic N) is 1. The molecule has 3 unspecified atom stereocenters. The molecule has 1 aromatic carbocycles. The fourth-order valence-corrected chi connectivity index (χ4v) is 3.54. The number of anilines is 1. The van der Waals surface area contributed by atoms with Crippen LogP contribution in [-0.4, -0.2) is 30.8 Å². The molecule has 1 saturated heterocycles. The van der Waals surface area contributed by atoms with Crippen molar-refractivity contribution in [2.24, 2.45) is 11.8 Å². The van der Waals surface area contributed by atoms with Gasteiger partial charge in [0.2, 0.25) is 0 Å². The summed E-state index contributed by atoms with van der Waals surface area (Å²) in [6, 6.07) is 8.87. The maximum atomic E-state index is 9.97. The summed E-state index contributed by atoms with van der Waals surface area (Å²) < 4.78 is 0. The van der Waals surface area contributed by atoms with E-state index in [0.29, 0.717) is 11.8 Å². The molecule has 0 bridgehead atoms. The quantitative estimate of drug-likeness (QED) is 0.869. The summed E-state index contributed by atoms with van der Waals surface area (Å²) in [7, 11) is 0. The van der Waals surface area contributed by atoms with Gasteiger partial charge in [0.05, 0.1) is 6.10 Å². The van der Waals surface area contributed by atoms with Crippen molar-refractivity contribution in [1.82, 2.24) is 5.32 Å². The molecular weight excluding hydrogens is 236 g/mol. The van der Waals surface area contributed by atoms with Crippen molar-refractivity contribution in [1.29, 1.82) is 0 Å². The number of hydrogen-bond donors (Lipinski definition) is 2. The Balaban J connectivity index is 1.64. The van der Waals surface area contributed by atoms with Gasteiger partial charge >= 0.3 is 0 Å². The van der Waals surface area contributed by atoms with Gasteiger partial charge in [0, 0.05) is 31.2 Å². The summed E-state index contributed by atoms with van der Waals surface area (Å²) >= 11 is 0. The maximum Gasteiger partial charge on any atom is 0.0588 e. The van der Waals surface area contributed by atoms with Gasteiger partial charge in [-0.15, -0.1) is 0 Å². The molecule has 1 aromatic rings. The molecule has 2 N–H and O–H groups in total. The molecule has 1 aliphatic carbocycles. The number of nitrogens with one attached hydrogen (secondary N) is 1. The van der Waals surface area contributed by atoms with Crippen LogP contribution in [0.25, 0.3) is 0 Å². The zero-order valence-electron chi connectivity index (χ0n) is 11.7. The predicted molar refractivity (Wildman–Crippen MR) is 78.3 cm³/mol. The molecule has 2 fully saturated rings. The van der Waals surface area contributed by atoms with E-state index in [9.17, 15) is 5.11 Å². The molecule has 0 aromatic heterocycles. The summed E-state index contributed by atoms with van der Waals surface area (Å²) in [5.74, 6) is 1.21. The normalized spacial score (nSPS) is 29.8. The maximum absolute atomic E-state index is 9.97. The van der Waals surface area contributed by atoms with Crippen LogP contribution in [0.15, 0.2) is 24.3 Å². The van der Waals surface area contributed by atoms with Gasteiger partial charge in [-0.1, -0.05) is 19.1 Å². The lowest BCUT2D eigenvalue weighted by atomic mass is 10.00. The standard InChI is InChI=1S/C16H24N2O/c1-2-17-9-12-3-6-14(7-4-12)18-10-13-5-8-16(19)15(13)11-18/h3-4,6-7,13,15-17,19H,2,5,8-11H2,1H3. The molecule has 1 aliphatic heterocycles. The lowest BCUT2D eigenvalue weighted by Gasteiger charge is -2.20. The van der Waals surface area contributed by atoms with Crippen LogP contribution in [0.2, 0.25) is 0 Å². The number of aliphatic hydroxyl groups is 1. The van der Waals surface area contributed by atoms with Crippen molar-refractivity contribution in [3.8, 4) is 0 Å². The minimum Gasteiger partial charge on any atom is -0.393 e. The first kappa shape index (κ1) is 12.9. The van der Waals surface area contributed by atoms with Crippen LogP contribution in [0.4, 0.5) is 5.69 Å². The predicted octanol–water partition coefficient (Wildman–Crippen LogP) is 2.00. The second kappa shape index (κ2) is 5.51. The van der Waals surface area contributed by atoms with Crippen LogP contribution < -0.4 is 10.2 Å². The Kier molecular flexibility index (Phi) is 3.76. The van der Waals surface area contributed by atoms with Crippen LogP contribution in [0.3, 0.4) is 0 Å². The third-order valence-corrected chi connectivity index (χ3v) is 4.70. The van der Waals surface area contributed by atoms with Gasteiger partial charge in [0.1, 0.15) is 0 Å². The minimum atomic E-state index is -0.0666. The van der Waals surface area contributed by atoms with Gasteiger partial charge in [-0.25, -0.2) is 0 Å². The Morgan fingerprint density at radius 3 is 2.68 bits per heavy atom. The lowest BCUT2D eigenvalue weighted by Crippen LogP contribution is -2.24. The van der Waals surface area contributed by atoms with E-state index in [-0.39, 0.29) is 6.10 Å². The second-order valence-electron chi connectivity index (χ2n) is 5.92. The van der Waals surface area contributed by atoms with Gasteiger partial charge < -0.3 is 15.3 Å². The van der Waals surface area contributed by atoms with E-state index < -0.39 is 0 Å². The van der Waals surface area contributed by atoms with Crippen LogP contribution >= 0.6 is 0 Å². The van der Waals surface area contributed by atoms with Crippen molar-refractivity contribution in [3.63, 3.8) is 0 Å². The zero-order valence-corrected chi connectivity index (χ0v) is 11.7. The highest BCUT2D eigenvalue weighted by atomic mass is 16.3. The molecule has 19 heavy (non-hydrogen) atoms. The molecule has 0 radical (unpaired) electrons. The molecule has 3 heteroatoms. The highest BCUT2D eigenvalue weighted by molar-refractivity contribution is 5.49. The third kappa shape index (κ3) is 2.63. The molecule has 3 rings (SSSR count). The first-order valence-corrected chi connectivity index (χ1v) is 7.50. The van der Waals surface area contributed by atoms with Crippen LogP contribution in [0.1, 0.15) is 25.3 Å². The fraction of sp³-hybridized carbons (Fsp3) is 0.625. The monoisotopic (exact) mass is 260 g/mol. The van der Waals surface area contributed by atoms with E-state index in [4.69, 9.17) is 0 Å². The Morgan fingerprint density at radius 1 is 1.21 bits per heavy atom. The lowest BCUT2D eigenvalue weighted by molar-refractivity contribution is 0.133. The van der Waals surface area contributed by atoms with Crippen molar-refractivity contribution >= 4 is 5.69 Å². The van der Waals surface area contributed by atoms with Gasteiger partial charge in [-0.2, -0.15) is 0 Å². The second-order valence-corrected chi connectivity index (χ2v) is 5.92. The zero-order chi connectivity index (χ0) is 13.2. The third-order valence-electron chi connectivity index (χ3n) is 4.70.